The zero-order chi connectivity index (χ0) is 12.4. The van der Waals surface area contributed by atoms with Gasteiger partial charge in [-0.15, -0.1) is 5.10 Å². The largest absolute Gasteiger partial charge is 0.464 e. The summed E-state index contributed by atoms with van der Waals surface area (Å²) in [7, 11) is 1.26. The van der Waals surface area contributed by atoms with Crippen LogP contribution in [0.15, 0.2) is 18.6 Å². The van der Waals surface area contributed by atoms with Crippen LogP contribution in [0.2, 0.25) is 5.02 Å². The van der Waals surface area contributed by atoms with Crippen molar-refractivity contribution in [3.05, 3.63) is 29.3 Å². The highest BCUT2D eigenvalue weighted by atomic mass is 35.5. The van der Waals surface area contributed by atoms with Crippen LogP contribution in [0.1, 0.15) is 10.5 Å². The molecule has 2 aromatic rings. The van der Waals surface area contributed by atoms with Crippen molar-refractivity contribution in [2.24, 2.45) is 0 Å². The first-order valence-corrected chi connectivity index (χ1v) is 4.91. The molecule has 0 aliphatic rings. The van der Waals surface area contributed by atoms with Crippen molar-refractivity contribution in [2.45, 2.75) is 0 Å². The zero-order valence-electron chi connectivity index (χ0n) is 8.79. The van der Waals surface area contributed by atoms with E-state index in [1.54, 1.807) is 0 Å². The number of nitrogens with zero attached hydrogens (tertiary/aromatic N) is 4. The molecule has 88 valence electrons. The van der Waals surface area contributed by atoms with Crippen LogP contribution >= 0.6 is 11.6 Å². The van der Waals surface area contributed by atoms with Crippen molar-refractivity contribution in [3.63, 3.8) is 0 Å². The summed E-state index contributed by atoms with van der Waals surface area (Å²) in [5, 5.41) is 4.22. The number of hydrogen-bond donors (Lipinski definition) is 1. The maximum atomic E-state index is 11.3. The van der Waals surface area contributed by atoms with Crippen molar-refractivity contribution in [1.29, 1.82) is 0 Å². The fourth-order valence-electron chi connectivity index (χ4n) is 1.15. The Morgan fingerprint density at radius 2 is 2.29 bits per heavy atom. The molecule has 17 heavy (non-hydrogen) atoms. The van der Waals surface area contributed by atoms with Crippen LogP contribution < -0.4 is 5.73 Å². The Labute approximate surface area is 101 Å². The third-order valence-electron chi connectivity index (χ3n) is 1.95. The molecule has 2 rings (SSSR count). The molecule has 0 aliphatic carbocycles. The lowest BCUT2D eigenvalue weighted by molar-refractivity contribution is 0.0593. The number of carbonyl (C=O) groups excluding carboxylic acids is 1. The Morgan fingerprint density at radius 1 is 1.53 bits per heavy atom. The number of nitrogen functional groups attached to an aromatic ring is 1. The number of carbonyl (C=O) groups is 1. The van der Waals surface area contributed by atoms with Crippen LogP contribution in [-0.4, -0.2) is 32.8 Å². The van der Waals surface area contributed by atoms with Crippen molar-refractivity contribution in [3.8, 4) is 5.82 Å². The van der Waals surface area contributed by atoms with Crippen molar-refractivity contribution in [1.82, 2.24) is 19.7 Å². The molecule has 0 spiro atoms. The van der Waals surface area contributed by atoms with Gasteiger partial charge in [0.2, 0.25) is 0 Å². The van der Waals surface area contributed by atoms with Gasteiger partial charge in [-0.1, -0.05) is 11.6 Å². The number of ether oxygens (including phenoxy) is 1. The zero-order valence-corrected chi connectivity index (χ0v) is 9.55. The quantitative estimate of drug-likeness (QED) is 0.791. The average Bonchev–Trinajstić information content (AvgIpc) is 2.69. The highest BCUT2D eigenvalue weighted by Gasteiger charge is 2.11. The first kappa shape index (κ1) is 11.3. The van der Waals surface area contributed by atoms with Gasteiger partial charge in [0, 0.05) is 0 Å². The van der Waals surface area contributed by atoms with E-state index in [1.165, 1.54) is 30.4 Å². The predicted octanol–water partition coefficient (Wildman–Crippen LogP) is 0.684. The van der Waals surface area contributed by atoms with Gasteiger partial charge in [0.1, 0.15) is 5.02 Å². The molecule has 2 N–H and O–H groups in total. The summed E-state index contributed by atoms with van der Waals surface area (Å²) in [5.74, 6) is -0.0750. The maximum absolute atomic E-state index is 11.3. The summed E-state index contributed by atoms with van der Waals surface area (Å²) in [5.41, 5.74) is 5.58. The normalized spacial score (nSPS) is 10.2. The van der Waals surface area contributed by atoms with Gasteiger partial charge in [0.25, 0.3) is 0 Å². The Bertz CT molecular complexity index is 549. The van der Waals surface area contributed by atoms with Gasteiger partial charge >= 0.3 is 5.97 Å². The molecule has 0 unspecified atom stereocenters. The minimum Gasteiger partial charge on any atom is -0.464 e. The van der Waals surface area contributed by atoms with Crippen LogP contribution in [0, 0.1) is 0 Å². The van der Waals surface area contributed by atoms with Gasteiger partial charge in [-0.05, 0) is 0 Å². The molecule has 7 nitrogen and oxygen atoms in total. The minimum atomic E-state index is -0.578. The highest BCUT2D eigenvalue weighted by Crippen LogP contribution is 2.17. The first-order chi connectivity index (χ1) is 8.11. The van der Waals surface area contributed by atoms with Gasteiger partial charge in [0.15, 0.2) is 17.3 Å². The molecule has 0 fully saturated rings. The van der Waals surface area contributed by atoms with E-state index in [-0.39, 0.29) is 11.5 Å². The number of rotatable bonds is 2. The second-order valence-electron chi connectivity index (χ2n) is 3.06. The number of halogens is 1. The Morgan fingerprint density at radius 3 is 2.88 bits per heavy atom. The van der Waals surface area contributed by atoms with Crippen molar-refractivity contribution < 1.29 is 9.53 Å². The highest BCUT2D eigenvalue weighted by molar-refractivity contribution is 6.32. The van der Waals surface area contributed by atoms with E-state index < -0.39 is 5.97 Å². The van der Waals surface area contributed by atoms with Gasteiger partial charge < -0.3 is 10.5 Å². The van der Waals surface area contributed by atoms with Crippen LogP contribution in [0.3, 0.4) is 0 Å². The molecule has 0 aromatic carbocycles. The molecule has 2 heterocycles. The summed E-state index contributed by atoms with van der Waals surface area (Å²) < 4.78 is 5.86. The average molecular weight is 254 g/mol. The number of nitrogens with two attached hydrogens (primary N) is 1. The number of aromatic nitrogens is 4. The fraction of sp³-hybridized carbons (Fsp3) is 0.111. The van der Waals surface area contributed by atoms with Crippen LogP contribution in [0.4, 0.5) is 5.82 Å². The summed E-state index contributed by atoms with van der Waals surface area (Å²) in [6.07, 6.45) is 4.20. The molecule has 0 saturated carbocycles. The lowest BCUT2D eigenvalue weighted by atomic mass is 10.4. The first-order valence-electron chi connectivity index (χ1n) is 4.53. The SMILES string of the molecule is COC(=O)c1cncc(-n2cc(Cl)c(N)n2)n1. The standard InChI is InChI=1S/C9H8ClN5O2/c1-17-9(16)6-2-12-3-7(13-6)15-4-5(10)8(11)14-15/h2-4H,1H3,(H2,11,14). The van der Waals surface area contributed by atoms with Gasteiger partial charge in [0.05, 0.1) is 25.7 Å². The third kappa shape index (κ3) is 2.18. The molecular weight excluding hydrogens is 246 g/mol. The molecule has 0 bridgehead atoms. The second-order valence-corrected chi connectivity index (χ2v) is 3.47. The monoisotopic (exact) mass is 253 g/mol. The smallest absolute Gasteiger partial charge is 0.358 e. The molecule has 0 amide bonds. The summed E-state index contributed by atoms with van der Waals surface area (Å²) in [6.45, 7) is 0. The summed E-state index contributed by atoms with van der Waals surface area (Å²) in [4.78, 5) is 19.1. The Hall–Kier alpha value is -2.15. The molecule has 0 atom stereocenters. The lowest BCUT2D eigenvalue weighted by Crippen LogP contribution is -2.08. The molecule has 2 aromatic heterocycles. The Kier molecular flexibility index (Phi) is 2.92. The van der Waals surface area contributed by atoms with E-state index in [1.807, 2.05) is 0 Å². The van der Waals surface area contributed by atoms with E-state index >= 15 is 0 Å². The van der Waals surface area contributed by atoms with Crippen molar-refractivity contribution in [2.75, 3.05) is 12.8 Å². The van der Waals surface area contributed by atoms with Gasteiger partial charge in [-0.3, -0.25) is 4.98 Å². The molecule has 8 heteroatoms. The molecule has 0 aliphatic heterocycles. The van der Waals surface area contributed by atoms with Crippen molar-refractivity contribution >= 4 is 23.4 Å². The van der Waals surface area contributed by atoms with E-state index in [0.29, 0.717) is 10.8 Å². The molecule has 0 saturated heterocycles. The number of methoxy groups -OCH3 is 1. The van der Waals surface area contributed by atoms with E-state index in [4.69, 9.17) is 17.3 Å². The topological polar surface area (TPSA) is 95.9 Å². The third-order valence-corrected chi connectivity index (χ3v) is 2.24. The van der Waals surface area contributed by atoms with E-state index in [9.17, 15) is 4.79 Å². The maximum Gasteiger partial charge on any atom is 0.358 e. The van der Waals surface area contributed by atoms with Crippen LogP contribution in [-0.2, 0) is 4.74 Å². The minimum absolute atomic E-state index is 0.0789. The molecular formula is C9H8ClN5O2. The van der Waals surface area contributed by atoms with Gasteiger partial charge in [-0.2, -0.15) is 0 Å². The predicted molar refractivity (Wildman–Crippen MR) is 59.9 cm³/mol. The number of hydrogen-bond acceptors (Lipinski definition) is 6. The number of anilines is 1. The molecule has 0 radical (unpaired) electrons. The lowest BCUT2D eigenvalue weighted by Gasteiger charge is -2.01. The van der Waals surface area contributed by atoms with E-state index in [0.717, 1.165) is 0 Å². The number of esters is 1. The van der Waals surface area contributed by atoms with E-state index in [2.05, 4.69) is 19.8 Å². The van der Waals surface area contributed by atoms with Crippen LogP contribution in [0.5, 0.6) is 0 Å². The van der Waals surface area contributed by atoms with Gasteiger partial charge in [-0.25, -0.2) is 14.5 Å². The Balaban J connectivity index is 2.42. The summed E-state index contributed by atoms with van der Waals surface area (Å²) >= 11 is 5.76. The summed E-state index contributed by atoms with van der Waals surface area (Å²) in [6, 6.07) is 0. The van der Waals surface area contributed by atoms with Crippen LogP contribution in [0.25, 0.3) is 5.82 Å². The second kappa shape index (κ2) is 4.38. The fourth-order valence-corrected chi connectivity index (χ4v) is 1.28.